The molecule has 2 saturated heterocycles. The van der Waals surface area contributed by atoms with E-state index in [1.807, 2.05) is 86.6 Å². The lowest BCUT2D eigenvalue weighted by molar-refractivity contribution is -0.384. The number of hydrogen-bond donors (Lipinski definition) is 8. The van der Waals surface area contributed by atoms with Crippen molar-refractivity contribution in [3.05, 3.63) is 234 Å². The number of aromatic amines is 2. The number of nitrogens with zero attached hydrogens (tertiary/aromatic N) is 12. The highest BCUT2D eigenvalue weighted by Crippen LogP contribution is 2.47. The van der Waals surface area contributed by atoms with Crippen molar-refractivity contribution < 1.29 is 46.5 Å². The first-order valence-electron chi connectivity index (χ1n) is 44.5. The second kappa shape index (κ2) is 36.6. The van der Waals surface area contributed by atoms with Crippen LogP contribution in [0.2, 0.25) is 10.0 Å². The third kappa shape index (κ3) is 20.3. The number of halogens is 2. The molecule has 6 aromatic carbocycles. The standard InChI is InChI=1S/2C48H54ClN9O6S/c2*1-47(2)16-14-34(39(27-47)32-4-6-35(49)7-5-32)30-55-20-22-56(23-21-55)36-8-10-38(42(25-36)57-43-24-33-15-19-50-45(33)53-41(43)29-52-57)46(59)54-65(63,64)37-9-11-40(44(26-37)58(61)62)51-28-31-12-17-48(3,60)18-13-31/h2*4-11,15,19,24-26,29,31,51-52,60H,12-14,16-18,20-23,27-28,30H2,1-3H3,(H,54,59). The van der Waals surface area contributed by atoms with Crippen LogP contribution in [0.15, 0.2) is 191 Å². The van der Waals surface area contributed by atoms with Crippen LogP contribution in [-0.4, -0.2) is 188 Å². The Balaban J connectivity index is 0.000000182. The van der Waals surface area contributed by atoms with Crippen LogP contribution in [0.4, 0.5) is 34.1 Å². The lowest BCUT2D eigenvalue weighted by Crippen LogP contribution is -2.47. The Hall–Kier alpha value is -11.6. The highest BCUT2D eigenvalue weighted by molar-refractivity contribution is 7.90. The zero-order valence-electron chi connectivity index (χ0n) is 73.6. The van der Waals surface area contributed by atoms with Gasteiger partial charge in [-0.25, -0.2) is 46.2 Å². The molecule has 0 atom stereocenters. The monoisotopic (exact) mass is 1840 g/mol. The molecule has 6 aliphatic rings. The molecule has 2 aliphatic heterocycles. The van der Waals surface area contributed by atoms with E-state index in [1.165, 1.54) is 57.7 Å². The van der Waals surface area contributed by atoms with E-state index in [-0.39, 0.29) is 45.2 Å². The topological polar surface area (TPSA) is 383 Å². The first-order chi connectivity index (χ1) is 62.0. The Morgan fingerprint density at radius 1 is 0.492 bits per heavy atom. The Morgan fingerprint density at radius 2 is 0.869 bits per heavy atom. The molecular formula is C96H108Cl2N18O12S2. The quantitative estimate of drug-likeness (QED) is 0.0206. The van der Waals surface area contributed by atoms with Gasteiger partial charge in [-0.3, -0.25) is 59.2 Å². The smallest absolute Gasteiger partial charge is 0.293 e. The number of nitro groups is 2. The van der Waals surface area contributed by atoms with Crippen molar-refractivity contribution in [1.29, 1.82) is 0 Å². The number of allylic oxidation sites excluding steroid dienone is 2. The van der Waals surface area contributed by atoms with Gasteiger partial charge in [0, 0.05) is 148 Å². The second-order valence-corrected chi connectivity index (χ2v) is 42.1. The van der Waals surface area contributed by atoms with Crippen LogP contribution in [-0.2, 0) is 20.0 Å². The lowest BCUT2D eigenvalue weighted by atomic mass is 9.72. The fraction of sp³-hybridized carbons (Fsp3) is 0.396. The third-order valence-electron chi connectivity index (χ3n) is 27.1. The Labute approximate surface area is 764 Å². The van der Waals surface area contributed by atoms with Crippen LogP contribution >= 0.6 is 23.2 Å². The predicted molar refractivity (Wildman–Crippen MR) is 508 cm³/mol. The summed E-state index contributed by atoms with van der Waals surface area (Å²) in [6.07, 6.45) is 18.7. The molecule has 18 rings (SSSR count). The SMILES string of the molecule is CC1(C)CCC(CN2CCN(c3ccc(C(=O)NS(=O)(=O)c4ccc(NCC5CCC(C)(O)CC5)c([N+](=O)[O-])c4)c(-n4[nH]cc5nc6nccc6cc54)c3)CC2)=C(c2ccc(Cl)cc2)C1.CC1(C)CCC(CN2CCN(c3ccc(C(=O)NS(=O)(=O)c4ccc(NCC5CCC(C)(O)CC5)c([N+](=O)[O-])c4)c(-n4[nH]cc5nc6nccc6cc54)c3)CC2)=C(c2ccc(Cl)cc2)C1. The molecule has 0 spiro atoms. The van der Waals surface area contributed by atoms with Gasteiger partial charge < -0.3 is 30.6 Å². The van der Waals surface area contributed by atoms with Gasteiger partial charge in [-0.05, 0) is 258 Å². The van der Waals surface area contributed by atoms with Crippen molar-refractivity contribution in [2.45, 2.75) is 152 Å². The maximum atomic E-state index is 14.2. The maximum absolute atomic E-state index is 14.2. The molecule has 4 aliphatic carbocycles. The van der Waals surface area contributed by atoms with E-state index in [1.54, 1.807) is 46.3 Å². The molecular weight excluding hydrogens is 1730 g/mol. The minimum atomic E-state index is -4.58. The van der Waals surface area contributed by atoms with Crippen molar-refractivity contribution >= 4 is 144 Å². The molecule has 0 unspecified atom stereocenters. The summed E-state index contributed by atoms with van der Waals surface area (Å²) >= 11 is 12.5. The predicted octanol–water partition coefficient (Wildman–Crippen LogP) is 17.4. The number of carbonyl (C=O) groups is 2. The second-order valence-electron chi connectivity index (χ2n) is 37.9. The van der Waals surface area contributed by atoms with Crippen molar-refractivity contribution in [1.82, 2.24) is 58.7 Å². The van der Waals surface area contributed by atoms with Gasteiger partial charge in [0.05, 0.1) is 64.4 Å². The summed E-state index contributed by atoms with van der Waals surface area (Å²) in [4.78, 5) is 78.4. The number of hydrogen-bond acceptors (Lipinski definition) is 22. The number of nitrogens with one attached hydrogen (secondary N) is 6. The van der Waals surface area contributed by atoms with Crippen molar-refractivity contribution in [3.8, 4) is 11.4 Å². The molecule has 0 radical (unpaired) electrons. The van der Waals surface area contributed by atoms with Gasteiger partial charge in [0.25, 0.3) is 43.2 Å². The number of rotatable bonds is 24. The van der Waals surface area contributed by atoms with Gasteiger partial charge >= 0.3 is 0 Å². The first kappa shape index (κ1) is 90.3. The number of amides is 2. The number of fused-ring (bicyclic) bond motifs is 4. The number of aromatic nitrogens is 8. The summed E-state index contributed by atoms with van der Waals surface area (Å²) in [5.41, 5.74) is 13.0. The Morgan fingerprint density at radius 3 is 1.24 bits per heavy atom. The van der Waals surface area contributed by atoms with E-state index >= 15 is 0 Å². The number of benzene rings is 6. The highest BCUT2D eigenvalue weighted by Gasteiger charge is 2.37. The van der Waals surface area contributed by atoms with E-state index in [0.29, 0.717) is 83.5 Å². The van der Waals surface area contributed by atoms with Gasteiger partial charge in [-0.15, -0.1) is 0 Å². The number of pyridine rings is 2. The summed E-state index contributed by atoms with van der Waals surface area (Å²) in [5, 5.41) is 60.8. The summed E-state index contributed by atoms with van der Waals surface area (Å²) in [6, 6.07) is 41.7. The van der Waals surface area contributed by atoms with Crippen LogP contribution in [0.25, 0.3) is 66.7 Å². The molecule has 2 saturated carbocycles. The molecule has 34 heteroatoms. The minimum Gasteiger partial charge on any atom is -0.390 e. The molecule has 130 heavy (non-hydrogen) atoms. The number of carbonyl (C=O) groups excluding carboxylic acids is 2. The number of piperazine rings is 2. The number of anilines is 4. The van der Waals surface area contributed by atoms with Gasteiger partial charge in [0.1, 0.15) is 22.4 Å². The van der Waals surface area contributed by atoms with Crippen LogP contribution in [0, 0.1) is 42.9 Å². The molecule has 0 bridgehead atoms. The average Bonchev–Trinajstić information content (AvgIpc) is 1.61. The summed E-state index contributed by atoms with van der Waals surface area (Å²) in [6.45, 7) is 21.8. The van der Waals surface area contributed by atoms with Gasteiger partial charge in [-0.2, -0.15) is 0 Å². The van der Waals surface area contributed by atoms with Crippen molar-refractivity contribution in [2.24, 2.45) is 22.7 Å². The summed E-state index contributed by atoms with van der Waals surface area (Å²) in [5.74, 6) is -1.41. The van der Waals surface area contributed by atoms with Crippen molar-refractivity contribution in [3.63, 3.8) is 0 Å². The Kier molecular flexibility index (Phi) is 25.4. The van der Waals surface area contributed by atoms with Gasteiger partial charge in [-0.1, -0.05) is 86.3 Å². The number of nitro benzene ring substituents is 2. The van der Waals surface area contributed by atoms with Gasteiger partial charge in [0.2, 0.25) is 0 Å². The molecule has 2 amide bonds. The third-order valence-corrected chi connectivity index (χ3v) is 30.2. The number of H-pyrrole nitrogens is 2. The van der Waals surface area contributed by atoms with E-state index in [9.17, 15) is 56.9 Å². The summed E-state index contributed by atoms with van der Waals surface area (Å²) in [7, 11) is -9.17. The number of sulfonamides is 2. The lowest BCUT2D eigenvalue weighted by Gasteiger charge is -2.39. The van der Waals surface area contributed by atoms with E-state index in [2.05, 4.69) is 122 Å². The maximum Gasteiger partial charge on any atom is 0.293 e. The fourth-order valence-electron chi connectivity index (χ4n) is 19.2. The Bertz CT molecular complexity index is 6250. The molecule has 30 nitrogen and oxygen atoms in total. The van der Waals surface area contributed by atoms with Crippen LogP contribution in [0.1, 0.15) is 163 Å². The summed E-state index contributed by atoms with van der Waals surface area (Å²) < 4.78 is 63.3. The van der Waals surface area contributed by atoms with Crippen LogP contribution < -0.4 is 29.9 Å². The first-order valence-corrected chi connectivity index (χ1v) is 48.2. The van der Waals surface area contributed by atoms with E-state index in [4.69, 9.17) is 23.2 Å². The number of aliphatic hydroxyl groups is 2. The minimum absolute atomic E-state index is 0.0616. The van der Waals surface area contributed by atoms with E-state index < -0.39 is 74.1 Å². The highest BCUT2D eigenvalue weighted by atomic mass is 35.5. The molecule has 680 valence electrons. The molecule has 4 fully saturated rings. The van der Waals surface area contributed by atoms with Crippen LogP contribution in [0.3, 0.4) is 0 Å². The molecule has 8 heterocycles. The largest absolute Gasteiger partial charge is 0.390 e. The molecule has 8 N–H and O–H groups in total. The fourth-order valence-corrected chi connectivity index (χ4v) is 21.4. The van der Waals surface area contributed by atoms with E-state index in [0.717, 1.165) is 174 Å². The van der Waals surface area contributed by atoms with Gasteiger partial charge in [0.15, 0.2) is 11.3 Å². The normalized spacial score (nSPS) is 20.6. The van der Waals surface area contributed by atoms with Crippen LogP contribution in [0.5, 0.6) is 0 Å². The van der Waals surface area contributed by atoms with Crippen molar-refractivity contribution in [2.75, 3.05) is 99.0 Å². The molecule has 6 aromatic heterocycles. The zero-order valence-corrected chi connectivity index (χ0v) is 76.8. The average molecular weight is 1840 g/mol. The molecule has 12 aromatic rings. The zero-order chi connectivity index (χ0) is 91.3.